The molecule has 62 valence electrons. The van der Waals surface area contributed by atoms with Gasteiger partial charge < -0.3 is 0 Å². The standard InChI is InChI=1S/C11H18/c1-3-5-6-7-8-11-9-10(11)4-2/h4,7-8,10-11H,2-3,5-6,9H2,1H3/b8-7+/t10-,11+/m0/s1. The lowest BCUT2D eigenvalue weighted by Gasteiger charge is -1.87. The maximum Gasteiger partial charge on any atom is -0.0165 e. The number of unbranched alkanes of at least 4 members (excludes halogenated alkanes) is 2. The van der Waals surface area contributed by atoms with Gasteiger partial charge in [-0.15, -0.1) is 6.58 Å². The van der Waals surface area contributed by atoms with E-state index in [4.69, 9.17) is 0 Å². The van der Waals surface area contributed by atoms with Crippen molar-refractivity contribution in [3.8, 4) is 0 Å². The Hall–Kier alpha value is -0.520. The summed E-state index contributed by atoms with van der Waals surface area (Å²) in [4.78, 5) is 0. The van der Waals surface area contributed by atoms with E-state index >= 15 is 0 Å². The molecule has 0 heterocycles. The van der Waals surface area contributed by atoms with Crippen LogP contribution in [0.1, 0.15) is 32.6 Å². The van der Waals surface area contributed by atoms with Gasteiger partial charge in [0.1, 0.15) is 0 Å². The van der Waals surface area contributed by atoms with E-state index in [0.29, 0.717) is 0 Å². The van der Waals surface area contributed by atoms with Crippen molar-refractivity contribution in [2.45, 2.75) is 32.6 Å². The smallest absolute Gasteiger partial charge is 0.0165 e. The van der Waals surface area contributed by atoms with E-state index in [9.17, 15) is 0 Å². The van der Waals surface area contributed by atoms with Crippen LogP contribution in [0, 0.1) is 11.8 Å². The summed E-state index contributed by atoms with van der Waals surface area (Å²) in [6.07, 6.45) is 12.0. The highest BCUT2D eigenvalue weighted by atomic mass is 14.3. The van der Waals surface area contributed by atoms with Crippen LogP contribution in [0.5, 0.6) is 0 Å². The van der Waals surface area contributed by atoms with Gasteiger partial charge in [0.15, 0.2) is 0 Å². The van der Waals surface area contributed by atoms with Crippen LogP contribution in [-0.4, -0.2) is 0 Å². The molecule has 0 radical (unpaired) electrons. The van der Waals surface area contributed by atoms with E-state index in [-0.39, 0.29) is 0 Å². The number of rotatable bonds is 5. The molecule has 0 N–H and O–H groups in total. The Morgan fingerprint density at radius 3 is 2.82 bits per heavy atom. The minimum Gasteiger partial charge on any atom is -0.103 e. The van der Waals surface area contributed by atoms with Gasteiger partial charge in [-0.3, -0.25) is 0 Å². The highest BCUT2D eigenvalue weighted by molar-refractivity contribution is 5.08. The third-order valence-corrected chi connectivity index (χ3v) is 2.30. The van der Waals surface area contributed by atoms with E-state index < -0.39 is 0 Å². The molecule has 0 nitrogen and oxygen atoms in total. The topological polar surface area (TPSA) is 0 Å². The maximum absolute atomic E-state index is 3.78. The summed E-state index contributed by atoms with van der Waals surface area (Å²) in [6, 6.07) is 0. The SMILES string of the molecule is C=C[C@H]1C[C@H]1/C=C/CCCC. The lowest BCUT2D eigenvalue weighted by Crippen LogP contribution is -1.71. The molecule has 2 atom stereocenters. The van der Waals surface area contributed by atoms with E-state index in [2.05, 4.69) is 31.7 Å². The molecule has 1 aliphatic rings. The van der Waals surface area contributed by atoms with E-state index in [1.165, 1.54) is 25.7 Å². The Morgan fingerprint density at radius 1 is 1.45 bits per heavy atom. The molecule has 1 saturated carbocycles. The summed E-state index contributed by atoms with van der Waals surface area (Å²) >= 11 is 0. The number of hydrogen-bond acceptors (Lipinski definition) is 0. The van der Waals surface area contributed by atoms with Crippen molar-refractivity contribution in [1.82, 2.24) is 0 Å². The second-order valence-electron chi connectivity index (χ2n) is 3.37. The van der Waals surface area contributed by atoms with Crippen molar-refractivity contribution in [1.29, 1.82) is 0 Å². The molecule has 0 bridgehead atoms. The summed E-state index contributed by atoms with van der Waals surface area (Å²) in [5.74, 6) is 1.64. The van der Waals surface area contributed by atoms with Crippen LogP contribution in [0.3, 0.4) is 0 Å². The number of hydrogen-bond donors (Lipinski definition) is 0. The predicted molar refractivity (Wildman–Crippen MR) is 50.5 cm³/mol. The minimum atomic E-state index is 0.799. The Balaban J connectivity index is 2.03. The molecule has 1 rings (SSSR count). The lowest BCUT2D eigenvalue weighted by atomic mass is 10.2. The van der Waals surface area contributed by atoms with Crippen LogP contribution in [0.25, 0.3) is 0 Å². The van der Waals surface area contributed by atoms with Crippen molar-refractivity contribution in [3.63, 3.8) is 0 Å². The van der Waals surface area contributed by atoms with Crippen LogP contribution in [0.15, 0.2) is 24.8 Å². The first-order valence-corrected chi connectivity index (χ1v) is 4.67. The predicted octanol–water partition coefficient (Wildman–Crippen LogP) is 3.55. The molecule has 0 aromatic heterocycles. The van der Waals surface area contributed by atoms with E-state index in [0.717, 1.165) is 11.8 Å². The summed E-state index contributed by atoms with van der Waals surface area (Å²) < 4.78 is 0. The molecule has 0 aromatic rings. The molecule has 0 saturated heterocycles. The largest absolute Gasteiger partial charge is 0.103 e. The highest BCUT2D eigenvalue weighted by Crippen LogP contribution is 2.40. The van der Waals surface area contributed by atoms with Crippen LogP contribution >= 0.6 is 0 Å². The Kier molecular flexibility index (Phi) is 3.41. The minimum absolute atomic E-state index is 0.799. The average Bonchev–Trinajstić information content (AvgIpc) is 2.77. The van der Waals surface area contributed by atoms with Crippen molar-refractivity contribution < 1.29 is 0 Å². The third kappa shape index (κ3) is 2.92. The molecule has 1 aliphatic carbocycles. The Labute approximate surface area is 70.0 Å². The third-order valence-electron chi connectivity index (χ3n) is 2.30. The van der Waals surface area contributed by atoms with Gasteiger partial charge in [0.25, 0.3) is 0 Å². The van der Waals surface area contributed by atoms with Gasteiger partial charge in [0.2, 0.25) is 0 Å². The molecule has 0 aromatic carbocycles. The molecule has 0 aliphatic heterocycles. The molecular weight excluding hydrogens is 132 g/mol. The zero-order chi connectivity index (χ0) is 8.10. The molecule has 0 heteroatoms. The molecular formula is C11H18. The summed E-state index contributed by atoms with van der Waals surface area (Å²) in [6.45, 7) is 6.02. The van der Waals surface area contributed by atoms with Crippen LogP contribution < -0.4 is 0 Å². The monoisotopic (exact) mass is 150 g/mol. The molecule has 1 fully saturated rings. The fourth-order valence-electron chi connectivity index (χ4n) is 1.32. The summed E-state index contributed by atoms with van der Waals surface area (Å²) in [5, 5.41) is 0. The van der Waals surface area contributed by atoms with Gasteiger partial charge in [-0.05, 0) is 24.7 Å². The second kappa shape index (κ2) is 4.38. The normalized spacial score (nSPS) is 29.2. The van der Waals surface area contributed by atoms with Crippen molar-refractivity contribution in [2.24, 2.45) is 11.8 Å². The van der Waals surface area contributed by atoms with Crippen LogP contribution in [-0.2, 0) is 0 Å². The van der Waals surface area contributed by atoms with Gasteiger partial charge >= 0.3 is 0 Å². The van der Waals surface area contributed by atoms with Crippen molar-refractivity contribution in [2.75, 3.05) is 0 Å². The van der Waals surface area contributed by atoms with Crippen LogP contribution in [0.4, 0.5) is 0 Å². The highest BCUT2D eigenvalue weighted by Gasteiger charge is 2.31. The zero-order valence-corrected chi connectivity index (χ0v) is 7.42. The van der Waals surface area contributed by atoms with Gasteiger partial charge in [-0.2, -0.15) is 0 Å². The Bertz CT molecular complexity index is 144. The molecule has 0 amide bonds. The van der Waals surface area contributed by atoms with E-state index in [1.807, 2.05) is 0 Å². The summed E-state index contributed by atoms with van der Waals surface area (Å²) in [7, 11) is 0. The van der Waals surface area contributed by atoms with Gasteiger partial charge in [-0.1, -0.05) is 38.0 Å². The fourth-order valence-corrected chi connectivity index (χ4v) is 1.32. The van der Waals surface area contributed by atoms with Gasteiger partial charge in [0.05, 0.1) is 0 Å². The molecule has 11 heavy (non-hydrogen) atoms. The molecule has 0 spiro atoms. The number of allylic oxidation sites excluding steroid dienone is 3. The first-order valence-electron chi connectivity index (χ1n) is 4.67. The summed E-state index contributed by atoms with van der Waals surface area (Å²) in [5.41, 5.74) is 0. The Morgan fingerprint density at radius 2 is 2.27 bits per heavy atom. The van der Waals surface area contributed by atoms with Crippen molar-refractivity contribution >= 4 is 0 Å². The molecule has 0 unspecified atom stereocenters. The lowest BCUT2D eigenvalue weighted by molar-refractivity contribution is 0.810. The van der Waals surface area contributed by atoms with Gasteiger partial charge in [0, 0.05) is 0 Å². The maximum atomic E-state index is 3.78. The quantitative estimate of drug-likeness (QED) is 0.415. The first-order chi connectivity index (χ1) is 5.38. The average molecular weight is 150 g/mol. The van der Waals surface area contributed by atoms with Crippen molar-refractivity contribution in [3.05, 3.63) is 24.8 Å². The first kappa shape index (κ1) is 8.58. The van der Waals surface area contributed by atoms with E-state index in [1.54, 1.807) is 0 Å². The van der Waals surface area contributed by atoms with Crippen LogP contribution in [0.2, 0.25) is 0 Å². The van der Waals surface area contributed by atoms with Gasteiger partial charge in [-0.25, -0.2) is 0 Å². The zero-order valence-electron chi connectivity index (χ0n) is 7.42. The fraction of sp³-hybridized carbons (Fsp3) is 0.636. The second-order valence-corrected chi connectivity index (χ2v) is 3.37.